The van der Waals surface area contributed by atoms with Crippen molar-refractivity contribution in [3.05, 3.63) is 12.2 Å². The summed E-state index contributed by atoms with van der Waals surface area (Å²) in [5.41, 5.74) is -1.55. The highest BCUT2D eigenvalue weighted by Gasteiger charge is 2.63. The number of carbonyl (C=O) groups is 2. The lowest BCUT2D eigenvalue weighted by Gasteiger charge is -2.34. The van der Waals surface area contributed by atoms with E-state index in [9.17, 15) is 18.4 Å². The zero-order chi connectivity index (χ0) is 19.2. The first kappa shape index (κ1) is 18.3. The highest BCUT2D eigenvalue weighted by atomic mass is 19.3. The summed E-state index contributed by atoms with van der Waals surface area (Å²) in [5.74, 6) is -1.67. The molecule has 0 radical (unpaired) electrons. The van der Waals surface area contributed by atoms with Crippen LogP contribution >= 0.6 is 0 Å². The van der Waals surface area contributed by atoms with Gasteiger partial charge >= 0.3 is 0 Å². The van der Waals surface area contributed by atoms with E-state index >= 15 is 0 Å². The zero-order valence-electron chi connectivity index (χ0n) is 15.4. The number of aryl methyl sites for hydroxylation is 1. The Morgan fingerprint density at radius 1 is 1.33 bits per heavy atom. The van der Waals surface area contributed by atoms with Crippen LogP contribution in [0.2, 0.25) is 0 Å². The number of hydrogen-bond acceptors (Lipinski definition) is 4. The number of hydrogen-bond donors (Lipinski definition) is 2. The zero-order valence-corrected chi connectivity index (χ0v) is 15.4. The largest absolute Gasteiger partial charge is 0.356 e. The van der Waals surface area contributed by atoms with Crippen LogP contribution in [0.3, 0.4) is 0 Å². The first-order valence-corrected chi connectivity index (χ1v) is 9.60. The van der Waals surface area contributed by atoms with E-state index < -0.39 is 17.2 Å². The van der Waals surface area contributed by atoms with Crippen molar-refractivity contribution in [3.8, 4) is 0 Å². The van der Waals surface area contributed by atoms with Gasteiger partial charge in [-0.1, -0.05) is 0 Å². The number of alkyl halides is 2. The molecule has 3 unspecified atom stereocenters. The van der Waals surface area contributed by atoms with Crippen molar-refractivity contribution in [3.63, 3.8) is 0 Å². The smallest absolute Gasteiger partial charge is 0.262 e. The number of aromatic amines is 1. The number of nitrogens with one attached hydrogen (secondary N) is 2. The fourth-order valence-electron chi connectivity index (χ4n) is 4.76. The number of rotatable bonds is 6. The Hall–Kier alpha value is -2.06. The molecule has 148 valence electrons. The molecule has 27 heavy (non-hydrogen) atoms. The van der Waals surface area contributed by atoms with Crippen LogP contribution in [0.25, 0.3) is 0 Å². The van der Waals surface area contributed by atoms with E-state index in [1.807, 2.05) is 0 Å². The second-order valence-electron chi connectivity index (χ2n) is 8.33. The average Bonchev–Trinajstić information content (AvgIpc) is 3.07. The molecule has 2 heterocycles. The van der Waals surface area contributed by atoms with Gasteiger partial charge in [0.2, 0.25) is 11.8 Å². The van der Waals surface area contributed by atoms with Crippen LogP contribution in [0.15, 0.2) is 6.33 Å². The Labute approximate surface area is 156 Å². The van der Waals surface area contributed by atoms with Crippen LogP contribution in [0.4, 0.5) is 8.78 Å². The molecule has 2 saturated carbocycles. The number of aromatic nitrogens is 3. The summed E-state index contributed by atoms with van der Waals surface area (Å²) in [6.07, 6.45) is 2.73. The van der Waals surface area contributed by atoms with E-state index in [0.29, 0.717) is 62.5 Å². The molecular formula is C18H25F2N5O2. The molecule has 0 aromatic carbocycles. The van der Waals surface area contributed by atoms with Crippen molar-refractivity contribution in [2.75, 3.05) is 19.6 Å². The SMILES string of the molecule is CC1(C(=O)N2CC3C(CNC(=O)CCc4ncn[nH]4)C3C2)CCCC1(F)F. The van der Waals surface area contributed by atoms with Crippen molar-refractivity contribution < 1.29 is 18.4 Å². The van der Waals surface area contributed by atoms with E-state index in [0.717, 1.165) is 0 Å². The van der Waals surface area contributed by atoms with Crippen LogP contribution in [-0.4, -0.2) is 57.5 Å². The number of piperidine rings is 1. The number of nitrogens with zero attached hydrogens (tertiary/aromatic N) is 3. The first-order chi connectivity index (χ1) is 12.8. The van der Waals surface area contributed by atoms with Gasteiger partial charge in [0.15, 0.2) is 0 Å². The topological polar surface area (TPSA) is 91.0 Å². The number of H-pyrrole nitrogens is 1. The lowest BCUT2D eigenvalue weighted by molar-refractivity contribution is -0.162. The molecule has 1 saturated heterocycles. The lowest BCUT2D eigenvalue weighted by Crippen LogP contribution is -2.49. The first-order valence-electron chi connectivity index (χ1n) is 9.60. The molecule has 0 spiro atoms. The molecule has 2 amide bonds. The second kappa shape index (κ2) is 6.53. The van der Waals surface area contributed by atoms with Gasteiger partial charge in [-0.05, 0) is 37.5 Å². The van der Waals surface area contributed by atoms with Crippen molar-refractivity contribution in [2.24, 2.45) is 23.2 Å². The Bertz CT molecular complexity index is 713. The molecule has 4 rings (SSSR count). The van der Waals surface area contributed by atoms with Gasteiger partial charge < -0.3 is 10.2 Å². The number of fused-ring (bicyclic) bond motifs is 1. The molecule has 1 aliphatic heterocycles. The summed E-state index contributed by atoms with van der Waals surface area (Å²) >= 11 is 0. The Morgan fingerprint density at radius 3 is 2.67 bits per heavy atom. The Balaban J connectivity index is 1.21. The molecule has 1 aromatic heterocycles. The van der Waals surface area contributed by atoms with Gasteiger partial charge in [0, 0.05) is 38.9 Å². The minimum absolute atomic E-state index is 0.0394. The standard InChI is InChI=1S/C18H25F2N5O2/c1-17(5-2-6-18(17,19)20)16(27)25-8-12-11(13(12)9-25)7-21-15(26)4-3-14-22-10-23-24-14/h10-13H,2-9H2,1H3,(H,21,26)(H,22,23,24). The van der Waals surface area contributed by atoms with E-state index in [1.54, 1.807) is 4.90 Å². The fourth-order valence-corrected chi connectivity index (χ4v) is 4.76. The quantitative estimate of drug-likeness (QED) is 0.779. The minimum Gasteiger partial charge on any atom is -0.356 e. The average molecular weight is 381 g/mol. The van der Waals surface area contributed by atoms with Crippen molar-refractivity contribution in [2.45, 2.75) is 45.0 Å². The monoisotopic (exact) mass is 381 g/mol. The van der Waals surface area contributed by atoms with Gasteiger partial charge in [0.1, 0.15) is 17.6 Å². The van der Waals surface area contributed by atoms with Crippen LogP contribution < -0.4 is 5.32 Å². The molecule has 3 aliphatic rings. The fraction of sp³-hybridized carbons (Fsp3) is 0.778. The third kappa shape index (κ3) is 3.21. The molecule has 2 aliphatic carbocycles. The summed E-state index contributed by atoms with van der Waals surface area (Å²) < 4.78 is 28.3. The van der Waals surface area contributed by atoms with E-state index in [1.165, 1.54) is 13.3 Å². The molecule has 3 fully saturated rings. The van der Waals surface area contributed by atoms with Crippen LogP contribution in [0.1, 0.15) is 38.4 Å². The van der Waals surface area contributed by atoms with Gasteiger partial charge in [0.05, 0.1) is 0 Å². The third-order valence-corrected chi connectivity index (χ3v) is 6.69. The summed E-state index contributed by atoms with van der Waals surface area (Å²) in [6.45, 7) is 3.07. The molecule has 2 N–H and O–H groups in total. The van der Waals surface area contributed by atoms with E-state index in [-0.39, 0.29) is 18.7 Å². The summed E-state index contributed by atoms with van der Waals surface area (Å²) in [5, 5.41) is 9.39. The molecule has 9 heteroatoms. The number of carbonyl (C=O) groups excluding carboxylic acids is 2. The van der Waals surface area contributed by atoms with Crippen molar-refractivity contribution in [1.29, 1.82) is 0 Å². The molecule has 0 bridgehead atoms. The van der Waals surface area contributed by atoms with Gasteiger partial charge in [0.25, 0.3) is 5.92 Å². The summed E-state index contributed by atoms with van der Waals surface area (Å²) in [4.78, 5) is 30.2. The maximum Gasteiger partial charge on any atom is 0.262 e. The van der Waals surface area contributed by atoms with Gasteiger partial charge in [-0.3, -0.25) is 14.7 Å². The Morgan fingerprint density at radius 2 is 2.07 bits per heavy atom. The molecule has 1 aromatic rings. The predicted molar refractivity (Wildman–Crippen MR) is 91.7 cm³/mol. The molecule has 3 atom stereocenters. The highest BCUT2D eigenvalue weighted by Crippen LogP contribution is 2.55. The van der Waals surface area contributed by atoms with Crippen LogP contribution in [-0.2, 0) is 16.0 Å². The normalized spacial score (nSPS) is 33.7. The maximum absolute atomic E-state index is 14.2. The minimum atomic E-state index is -2.91. The van der Waals surface area contributed by atoms with Crippen LogP contribution in [0, 0.1) is 23.2 Å². The predicted octanol–water partition coefficient (Wildman–Crippen LogP) is 1.38. The summed E-state index contributed by atoms with van der Waals surface area (Å²) in [7, 11) is 0. The molecule has 7 nitrogen and oxygen atoms in total. The van der Waals surface area contributed by atoms with E-state index in [4.69, 9.17) is 0 Å². The van der Waals surface area contributed by atoms with Crippen LogP contribution in [0.5, 0.6) is 0 Å². The van der Waals surface area contributed by atoms with Gasteiger partial charge in [-0.15, -0.1) is 0 Å². The van der Waals surface area contributed by atoms with E-state index in [2.05, 4.69) is 20.5 Å². The summed E-state index contributed by atoms with van der Waals surface area (Å²) in [6, 6.07) is 0. The number of amides is 2. The lowest BCUT2D eigenvalue weighted by atomic mass is 9.84. The third-order valence-electron chi connectivity index (χ3n) is 6.69. The van der Waals surface area contributed by atoms with Gasteiger partial charge in [-0.25, -0.2) is 13.8 Å². The highest BCUT2D eigenvalue weighted by molar-refractivity contribution is 5.84. The number of likely N-dealkylation sites (tertiary alicyclic amines) is 1. The Kier molecular flexibility index (Phi) is 4.43. The maximum atomic E-state index is 14.2. The van der Waals surface area contributed by atoms with Gasteiger partial charge in [-0.2, -0.15) is 5.10 Å². The van der Waals surface area contributed by atoms with Crippen molar-refractivity contribution >= 4 is 11.8 Å². The number of halogens is 2. The molecular weight excluding hydrogens is 356 g/mol. The second-order valence-corrected chi connectivity index (χ2v) is 8.33. The van der Waals surface area contributed by atoms with Crippen molar-refractivity contribution in [1.82, 2.24) is 25.4 Å².